The van der Waals surface area contributed by atoms with Gasteiger partial charge in [0.05, 0.1) is 15.0 Å². The highest BCUT2D eigenvalue weighted by atomic mass is 35.5. The molecule has 0 unspecified atom stereocenters. The lowest BCUT2D eigenvalue weighted by molar-refractivity contribution is 0.476. The fraction of sp³-hybridized carbons (Fsp3) is 0.400. The number of halogens is 1. The van der Waals surface area contributed by atoms with E-state index in [0.29, 0.717) is 5.02 Å². The van der Waals surface area contributed by atoms with E-state index in [-0.39, 0.29) is 29.3 Å². The van der Waals surface area contributed by atoms with Crippen LogP contribution in [0.15, 0.2) is 52.3 Å². The van der Waals surface area contributed by atoms with E-state index >= 15 is 0 Å². The first-order valence-corrected chi connectivity index (χ1v) is 12.8. The average molecular weight is 440 g/mol. The molecule has 1 fully saturated rings. The van der Waals surface area contributed by atoms with E-state index in [4.69, 9.17) is 11.6 Å². The second-order valence-electron chi connectivity index (χ2n) is 7.41. The van der Waals surface area contributed by atoms with Gasteiger partial charge in [-0.3, -0.25) is 0 Å². The minimum atomic E-state index is -3.71. The SMILES string of the molecule is O=S(=O)(c1ccc(Cl)cc1)[C@H]1CCN(S(=O)(=O)c2ccc3c(c2)CCCC3)C1. The Bertz CT molecular complexity index is 1100. The lowest BCUT2D eigenvalue weighted by Crippen LogP contribution is -2.32. The molecule has 1 heterocycles. The molecule has 1 aliphatic carbocycles. The van der Waals surface area contributed by atoms with Gasteiger partial charge in [0.25, 0.3) is 0 Å². The minimum absolute atomic E-state index is 0.0234. The topological polar surface area (TPSA) is 71.5 Å². The van der Waals surface area contributed by atoms with Crippen LogP contribution in [-0.4, -0.2) is 39.5 Å². The highest BCUT2D eigenvalue weighted by molar-refractivity contribution is 7.92. The molecule has 1 atom stereocenters. The molecular weight excluding hydrogens is 418 g/mol. The van der Waals surface area contributed by atoms with Crippen molar-refractivity contribution in [1.29, 1.82) is 0 Å². The quantitative estimate of drug-likeness (QED) is 0.731. The zero-order chi connectivity index (χ0) is 19.9. The Balaban J connectivity index is 1.57. The second kappa shape index (κ2) is 7.44. The normalized spacial score (nSPS) is 20.8. The summed E-state index contributed by atoms with van der Waals surface area (Å²) in [6.07, 6.45) is 4.37. The monoisotopic (exact) mass is 439 g/mol. The molecule has 0 aromatic heterocycles. The van der Waals surface area contributed by atoms with Gasteiger partial charge in [0.2, 0.25) is 10.0 Å². The van der Waals surface area contributed by atoms with Gasteiger partial charge in [0.1, 0.15) is 0 Å². The summed E-state index contributed by atoms with van der Waals surface area (Å²) in [7, 11) is -7.32. The molecule has 0 saturated carbocycles. The maximum Gasteiger partial charge on any atom is 0.243 e. The Morgan fingerprint density at radius 3 is 2.21 bits per heavy atom. The summed E-state index contributed by atoms with van der Waals surface area (Å²) < 4.78 is 53.2. The smallest absolute Gasteiger partial charge is 0.223 e. The zero-order valence-electron chi connectivity index (χ0n) is 15.3. The van der Waals surface area contributed by atoms with Gasteiger partial charge in [-0.1, -0.05) is 17.7 Å². The summed E-state index contributed by atoms with van der Waals surface area (Å²) in [5, 5.41) is -0.289. The van der Waals surface area contributed by atoms with E-state index in [2.05, 4.69) is 0 Å². The Hall–Kier alpha value is -1.41. The van der Waals surface area contributed by atoms with Crippen molar-refractivity contribution in [2.45, 2.75) is 47.1 Å². The molecule has 5 nitrogen and oxygen atoms in total. The maximum atomic E-state index is 13.1. The Labute approximate surface area is 171 Å². The molecular formula is C20H22ClNO4S2. The van der Waals surface area contributed by atoms with Crippen LogP contribution < -0.4 is 0 Å². The minimum Gasteiger partial charge on any atom is -0.223 e. The van der Waals surface area contributed by atoms with Crippen LogP contribution >= 0.6 is 11.6 Å². The van der Waals surface area contributed by atoms with Crippen LogP contribution in [0.4, 0.5) is 0 Å². The number of fused-ring (bicyclic) bond motifs is 1. The molecule has 0 N–H and O–H groups in total. The van der Waals surface area contributed by atoms with Crippen LogP contribution in [0.5, 0.6) is 0 Å². The van der Waals surface area contributed by atoms with Crippen LogP contribution in [0.25, 0.3) is 0 Å². The standard InChI is InChI=1S/C20H22ClNO4S2/c21-17-6-9-18(10-7-17)27(23,24)20-11-12-22(14-20)28(25,26)19-8-5-15-3-1-2-4-16(15)13-19/h5-10,13,20H,1-4,11-12,14H2/t20-/m0/s1. The summed E-state index contributed by atoms with van der Waals surface area (Å²) >= 11 is 5.84. The van der Waals surface area contributed by atoms with Crippen molar-refractivity contribution in [3.63, 3.8) is 0 Å². The molecule has 0 bridgehead atoms. The number of hydrogen-bond donors (Lipinski definition) is 0. The molecule has 8 heteroatoms. The molecule has 0 radical (unpaired) electrons. The van der Waals surface area contributed by atoms with Gasteiger partial charge in [0.15, 0.2) is 9.84 Å². The van der Waals surface area contributed by atoms with Crippen LogP contribution in [0, 0.1) is 0 Å². The summed E-state index contributed by atoms with van der Waals surface area (Å²) in [4.78, 5) is 0.438. The number of benzene rings is 2. The van der Waals surface area contributed by atoms with Gasteiger partial charge >= 0.3 is 0 Å². The van der Waals surface area contributed by atoms with Crippen LogP contribution in [0.2, 0.25) is 5.02 Å². The largest absolute Gasteiger partial charge is 0.243 e. The Morgan fingerprint density at radius 1 is 0.857 bits per heavy atom. The third-order valence-corrected chi connectivity index (χ3v) is 9.95. The van der Waals surface area contributed by atoms with Gasteiger partial charge in [-0.15, -0.1) is 0 Å². The highest BCUT2D eigenvalue weighted by Gasteiger charge is 2.39. The molecule has 0 spiro atoms. The summed E-state index contributed by atoms with van der Waals surface area (Å²) in [5.41, 5.74) is 2.31. The number of nitrogens with zero attached hydrogens (tertiary/aromatic N) is 1. The molecule has 1 saturated heterocycles. The summed E-state index contributed by atoms with van der Waals surface area (Å²) in [6.45, 7) is 0.182. The molecule has 4 rings (SSSR count). The van der Waals surface area contributed by atoms with E-state index in [1.807, 2.05) is 6.07 Å². The van der Waals surface area contributed by atoms with Crippen molar-refractivity contribution in [1.82, 2.24) is 4.31 Å². The zero-order valence-corrected chi connectivity index (χ0v) is 17.7. The van der Waals surface area contributed by atoms with Crippen molar-refractivity contribution in [3.8, 4) is 0 Å². The number of rotatable bonds is 4. The van der Waals surface area contributed by atoms with E-state index in [1.54, 1.807) is 12.1 Å². The number of sulfone groups is 1. The van der Waals surface area contributed by atoms with Gasteiger partial charge < -0.3 is 0 Å². The third-order valence-electron chi connectivity index (χ3n) is 5.65. The molecule has 1 aliphatic heterocycles. The van der Waals surface area contributed by atoms with Gasteiger partial charge in [-0.2, -0.15) is 4.31 Å². The van der Waals surface area contributed by atoms with Crippen molar-refractivity contribution in [3.05, 3.63) is 58.6 Å². The first-order chi connectivity index (χ1) is 13.3. The van der Waals surface area contributed by atoms with Gasteiger partial charge in [-0.05, 0) is 79.6 Å². The number of aryl methyl sites for hydroxylation is 2. The van der Waals surface area contributed by atoms with E-state index in [0.717, 1.165) is 31.2 Å². The van der Waals surface area contributed by atoms with Crippen LogP contribution in [-0.2, 0) is 32.7 Å². The van der Waals surface area contributed by atoms with Crippen LogP contribution in [0.1, 0.15) is 30.4 Å². The average Bonchev–Trinajstić information content (AvgIpc) is 3.20. The number of hydrogen-bond acceptors (Lipinski definition) is 4. The van der Waals surface area contributed by atoms with Gasteiger partial charge in [0, 0.05) is 18.1 Å². The maximum absolute atomic E-state index is 13.1. The molecule has 2 aromatic carbocycles. The predicted molar refractivity (Wildman–Crippen MR) is 109 cm³/mol. The highest BCUT2D eigenvalue weighted by Crippen LogP contribution is 2.30. The second-order valence-corrected chi connectivity index (χ2v) is 12.0. The van der Waals surface area contributed by atoms with Crippen molar-refractivity contribution in [2.75, 3.05) is 13.1 Å². The van der Waals surface area contributed by atoms with Crippen molar-refractivity contribution in [2.24, 2.45) is 0 Å². The molecule has 2 aliphatic rings. The molecule has 28 heavy (non-hydrogen) atoms. The first-order valence-electron chi connectivity index (χ1n) is 9.40. The van der Waals surface area contributed by atoms with E-state index < -0.39 is 25.1 Å². The Kier molecular flexibility index (Phi) is 5.29. The third kappa shape index (κ3) is 3.61. The lowest BCUT2D eigenvalue weighted by Gasteiger charge is -2.20. The fourth-order valence-electron chi connectivity index (χ4n) is 4.01. The van der Waals surface area contributed by atoms with Crippen molar-refractivity contribution < 1.29 is 16.8 Å². The summed E-state index contributed by atoms with van der Waals surface area (Å²) in [5.74, 6) is 0. The molecule has 150 valence electrons. The first kappa shape index (κ1) is 19.9. The predicted octanol–water partition coefficient (Wildman–Crippen LogP) is 3.46. The van der Waals surface area contributed by atoms with Gasteiger partial charge in [-0.25, -0.2) is 16.8 Å². The lowest BCUT2D eigenvalue weighted by atomic mass is 9.92. The fourth-order valence-corrected chi connectivity index (χ4v) is 7.47. The Morgan fingerprint density at radius 2 is 1.50 bits per heavy atom. The van der Waals surface area contributed by atoms with E-state index in [1.165, 1.54) is 34.1 Å². The van der Waals surface area contributed by atoms with Crippen LogP contribution in [0.3, 0.4) is 0 Å². The number of sulfonamides is 1. The summed E-state index contributed by atoms with van der Waals surface area (Å²) in [6, 6.07) is 11.3. The van der Waals surface area contributed by atoms with E-state index in [9.17, 15) is 16.8 Å². The van der Waals surface area contributed by atoms with Crippen molar-refractivity contribution >= 4 is 31.5 Å². The molecule has 2 aromatic rings. The molecule has 0 amide bonds.